The molecule has 0 aliphatic carbocycles. The summed E-state index contributed by atoms with van der Waals surface area (Å²) in [6, 6.07) is 11.3. The van der Waals surface area contributed by atoms with Gasteiger partial charge < -0.3 is 10.7 Å². The zero-order valence-electron chi connectivity index (χ0n) is 9.95. The molecule has 19 heavy (non-hydrogen) atoms. The van der Waals surface area contributed by atoms with Crippen LogP contribution < -0.4 is 5.73 Å². The average molecular weight is 292 g/mol. The number of hydrogen-bond donors (Lipinski definition) is 2. The Kier molecular flexibility index (Phi) is 3.09. The van der Waals surface area contributed by atoms with Gasteiger partial charge in [0.1, 0.15) is 5.82 Å². The fraction of sp³-hybridized carbons (Fsp3) is 0.0714. The van der Waals surface area contributed by atoms with Gasteiger partial charge in [0.05, 0.1) is 21.1 Å². The van der Waals surface area contributed by atoms with Crippen molar-refractivity contribution in [2.75, 3.05) is 5.73 Å². The molecule has 0 amide bonds. The number of nitrogens with zero attached hydrogens (tertiary/aromatic N) is 1. The third-order valence-corrected chi connectivity index (χ3v) is 3.62. The summed E-state index contributed by atoms with van der Waals surface area (Å²) in [6.45, 7) is 0. The minimum Gasteiger partial charge on any atom is -0.399 e. The fourth-order valence-corrected chi connectivity index (χ4v) is 2.36. The number of aromatic amines is 1. The van der Waals surface area contributed by atoms with Crippen molar-refractivity contribution in [1.29, 1.82) is 0 Å². The number of nitrogens with one attached hydrogen (secondary N) is 1. The number of rotatable bonds is 2. The fourth-order valence-electron chi connectivity index (χ4n) is 2.04. The number of nitrogen functional groups attached to an aromatic ring is 1. The summed E-state index contributed by atoms with van der Waals surface area (Å²) in [7, 11) is 0. The Labute approximate surface area is 120 Å². The minimum absolute atomic E-state index is 0.510. The van der Waals surface area contributed by atoms with E-state index in [0.717, 1.165) is 28.1 Å². The highest BCUT2D eigenvalue weighted by Gasteiger charge is 2.07. The summed E-state index contributed by atoms with van der Waals surface area (Å²) in [4.78, 5) is 7.74. The molecule has 0 spiro atoms. The second-order valence-electron chi connectivity index (χ2n) is 4.39. The lowest BCUT2D eigenvalue weighted by Gasteiger charge is -1.99. The molecule has 2 aromatic carbocycles. The first kappa shape index (κ1) is 12.3. The van der Waals surface area contributed by atoms with Crippen LogP contribution in [0.3, 0.4) is 0 Å². The molecule has 0 atom stereocenters. The summed E-state index contributed by atoms with van der Waals surface area (Å²) in [5.74, 6) is 0.860. The molecule has 96 valence electrons. The van der Waals surface area contributed by atoms with Crippen molar-refractivity contribution in [1.82, 2.24) is 9.97 Å². The maximum Gasteiger partial charge on any atom is 0.111 e. The lowest BCUT2D eigenvalue weighted by atomic mass is 10.1. The molecule has 1 aromatic heterocycles. The van der Waals surface area contributed by atoms with Gasteiger partial charge in [-0.25, -0.2) is 4.98 Å². The van der Waals surface area contributed by atoms with Crippen LogP contribution in [0.5, 0.6) is 0 Å². The van der Waals surface area contributed by atoms with Gasteiger partial charge in [-0.2, -0.15) is 0 Å². The standard InChI is InChI=1S/C14H11Cl2N3/c15-10-6-12-13(7-11(10)16)19-14(18-12)5-8-2-1-3-9(17)4-8/h1-4,6-7H,5,17H2,(H,18,19). The molecule has 5 heteroatoms. The third-order valence-electron chi connectivity index (χ3n) is 2.90. The Bertz CT molecular complexity index is 711. The Balaban J connectivity index is 1.97. The number of anilines is 1. The number of hydrogen-bond acceptors (Lipinski definition) is 2. The predicted molar refractivity (Wildman–Crippen MR) is 79.8 cm³/mol. The molecular weight excluding hydrogens is 281 g/mol. The first-order valence-electron chi connectivity index (χ1n) is 5.80. The molecule has 1 heterocycles. The SMILES string of the molecule is Nc1cccc(Cc2nc3cc(Cl)c(Cl)cc3[nH]2)c1. The van der Waals surface area contributed by atoms with Crippen LogP contribution in [0.4, 0.5) is 5.69 Å². The summed E-state index contributed by atoms with van der Waals surface area (Å²) in [5, 5.41) is 1.03. The number of halogens is 2. The van der Waals surface area contributed by atoms with Crippen molar-refractivity contribution in [3.63, 3.8) is 0 Å². The van der Waals surface area contributed by atoms with Gasteiger partial charge in [0.25, 0.3) is 0 Å². The van der Waals surface area contributed by atoms with E-state index in [0.29, 0.717) is 16.5 Å². The first-order valence-corrected chi connectivity index (χ1v) is 6.55. The topological polar surface area (TPSA) is 54.7 Å². The van der Waals surface area contributed by atoms with E-state index in [9.17, 15) is 0 Å². The number of fused-ring (bicyclic) bond motifs is 1. The lowest BCUT2D eigenvalue weighted by Crippen LogP contribution is -1.92. The third kappa shape index (κ3) is 2.53. The Morgan fingerprint density at radius 2 is 1.89 bits per heavy atom. The molecule has 3 rings (SSSR count). The van der Waals surface area contributed by atoms with E-state index in [2.05, 4.69) is 9.97 Å². The molecule has 0 fully saturated rings. The maximum atomic E-state index is 5.98. The van der Waals surface area contributed by atoms with Crippen LogP contribution in [0.15, 0.2) is 36.4 Å². The van der Waals surface area contributed by atoms with Crippen LogP contribution in [0, 0.1) is 0 Å². The van der Waals surface area contributed by atoms with E-state index in [1.165, 1.54) is 0 Å². The van der Waals surface area contributed by atoms with Crippen LogP contribution >= 0.6 is 23.2 Å². The molecule has 3 nitrogen and oxygen atoms in total. The van der Waals surface area contributed by atoms with Crippen LogP contribution in [-0.2, 0) is 6.42 Å². The molecule has 0 aliphatic rings. The van der Waals surface area contributed by atoms with Gasteiger partial charge in [-0.05, 0) is 29.8 Å². The van der Waals surface area contributed by atoms with E-state index in [1.54, 1.807) is 12.1 Å². The molecular formula is C14H11Cl2N3. The molecule has 0 saturated carbocycles. The largest absolute Gasteiger partial charge is 0.399 e. The normalized spacial score (nSPS) is 11.1. The van der Waals surface area contributed by atoms with Gasteiger partial charge in [0.2, 0.25) is 0 Å². The van der Waals surface area contributed by atoms with Crippen molar-refractivity contribution in [3.8, 4) is 0 Å². The van der Waals surface area contributed by atoms with Crippen LogP contribution in [0.2, 0.25) is 10.0 Å². The van der Waals surface area contributed by atoms with Crippen molar-refractivity contribution < 1.29 is 0 Å². The number of benzene rings is 2. The molecule has 3 aromatic rings. The van der Waals surface area contributed by atoms with Crippen molar-refractivity contribution in [2.24, 2.45) is 0 Å². The second kappa shape index (κ2) is 4.76. The Hall–Kier alpha value is -1.71. The zero-order valence-corrected chi connectivity index (χ0v) is 11.5. The smallest absolute Gasteiger partial charge is 0.111 e. The first-order chi connectivity index (χ1) is 9.11. The van der Waals surface area contributed by atoms with Crippen LogP contribution in [0.1, 0.15) is 11.4 Å². The van der Waals surface area contributed by atoms with Crippen molar-refractivity contribution in [3.05, 3.63) is 57.8 Å². The second-order valence-corrected chi connectivity index (χ2v) is 5.20. The highest BCUT2D eigenvalue weighted by Crippen LogP contribution is 2.27. The van der Waals surface area contributed by atoms with E-state index in [1.807, 2.05) is 24.3 Å². The van der Waals surface area contributed by atoms with E-state index >= 15 is 0 Å². The minimum atomic E-state index is 0.510. The molecule has 0 radical (unpaired) electrons. The lowest BCUT2D eigenvalue weighted by molar-refractivity contribution is 1.04. The summed E-state index contributed by atoms with van der Waals surface area (Å²) < 4.78 is 0. The average Bonchev–Trinajstić information content (AvgIpc) is 2.71. The number of nitrogens with two attached hydrogens (primary N) is 1. The van der Waals surface area contributed by atoms with Gasteiger partial charge in [0, 0.05) is 12.1 Å². The highest BCUT2D eigenvalue weighted by atomic mass is 35.5. The Morgan fingerprint density at radius 3 is 2.68 bits per heavy atom. The van der Waals surface area contributed by atoms with Gasteiger partial charge >= 0.3 is 0 Å². The zero-order chi connectivity index (χ0) is 13.4. The van der Waals surface area contributed by atoms with Crippen LogP contribution in [0.25, 0.3) is 11.0 Å². The van der Waals surface area contributed by atoms with Gasteiger partial charge in [-0.15, -0.1) is 0 Å². The summed E-state index contributed by atoms with van der Waals surface area (Å²) >= 11 is 12.0. The van der Waals surface area contributed by atoms with Crippen molar-refractivity contribution >= 4 is 39.9 Å². The molecule has 0 unspecified atom stereocenters. The quantitative estimate of drug-likeness (QED) is 0.700. The van der Waals surface area contributed by atoms with Gasteiger partial charge in [0.15, 0.2) is 0 Å². The number of imidazole rings is 1. The Morgan fingerprint density at radius 1 is 1.11 bits per heavy atom. The summed E-state index contributed by atoms with van der Waals surface area (Å²) in [5.41, 5.74) is 9.31. The molecule has 0 saturated heterocycles. The monoisotopic (exact) mass is 291 g/mol. The number of H-pyrrole nitrogens is 1. The van der Waals surface area contributed by atoms with Gasteiger partial charge in [-0.1, -0.05) is 35.3 Å². The van der Waals surface area contributed by atoms with E-state index < -0.39 is 0 Å². The van der Waals surface area contributed by atoms with E-state index in [-0.39, 0.29) is 0 Å². The van der Waals surface area contributed by atoms with Crippen LogP contribution in [-0.4, -0.2) is 9.97 Å². The predicted octanol–water partition coefficient (Wildman–Crippen LogP) is 4.04. The molecule has 0 aliphatic heterocycles. The van der Waals surface area contributed by atoms with Crippen molar-refractivity contribution in [2.45, 2.75) is 6.42 Å². The number of aromatic nitrogens is 2. The molecule has 3 N–H and O–H groups in total. The summed E-state index contributed by atoms with van der Waals surface area (Å²) in [6.07, 6.45) is 0.689. The van der Waals surface area contributed by atoms with E-state index in [4.69, 9.17) is 28.9 Å². The van der Waals surface area contributed by atoms with Gasteiger partial charge in [-0.3, -0.25) is 0 Å². The maximum absolute atomic E-state index is 5.98. The highest BCUT2D eigenvalue weighted by molar-refractivity contribution is 6.42. The molecule has 0 bridgehead atoms.